The van der Waals surface area contributed by atoms with Crippen LogP contribution in [0.1, 0.15) is 28.9 Å². The molecule has 4 heteroatoms. The van der Waals surface area contributed by atoms with Gasteiger partial charge in [0.1, 0.15) is 0 Å². The maximum absolute atomic E-state index is 10.9. The van der Waals surface area contributed by atoms with Gasteiger partial charge in [0.2, 0.25) is 0 Å². The number of aromatic nitrogens is 2. The molecule has 0 fully saturated rings. The number of benzene rings is 1. The van der Waals surface area contributed by atoms with Gasteiger partial charge in [-0.05, 0) is 30.9 Å². The van der Waals surface area contributed by atoms with Crippen molar-refractivity contribution in [1.29, 1.82) is 0 Å². The van der Waals surface area contributed by atoms with Crippen LogP contribution in [0.4, 0.5) is 0 Å². The number of aliphatic hydroxyl groups is 1. The normalized spacial score (nSPS) is 21.8. The number of rotatable bonds is 2. The Morgan fingerprint density at radius 1 is 1.35 bits per heavy atom. The Labute approximate surface area is 124 Å². The van der Waals surface area contributed by atoms with Crippen LogP contribution in [0.3, 0.4) is 0 Å². The molecule has 106 valence electrons. The van der Waals surface area contributed by atoms with Crippen LogP contribution in [-0.2, 0) is 26.3 Å². The summed E-state index contributed by atoms with van der Waals surface area (Å²) in [5.41, 5.74) is 3.62. The van der Waals surface area contributed by atoms with Gasteiger partial charge in [0.25, 0.3) is 0 Å². The van der Waals surface area contributed by atoms with Gasteiger partial charge in [-0.3, -0.25) is 4.68 Å². The van der Waals surface area contributed by atoms with Crippen LogP contribution in [0.5, 0.6) is 0 Å². The molecule has 3 nitrogen and oxygen atoms in total. The molecule has 1 aromatic heterocycles. The minimum atomic E-state index is -0.724. The highest BCUT2D eigenvalue weighted by molar-refractivity contribution is 6.31. The number of hydrogen-bond donors (Lipinski definition) is 1. The van der Waals surface area contributed by atoms with E-state index in [9.17, 15) is 5.11 Å². The van der Waals surface area contributed by atoms with Gasteiger partial charge < -0.3 is 5.11 Å². The molecule has 1 aliphatic carbocycles. The van der Waals surface area contributed by atoms with Crippen molar-refractivity contribution in [3.8, 4) is 0 Å². The maximum atomic E-state index is 10.9. The minimum absolute atomic E-state index is 0.553. The average Bonchev–Trinajstić information content (AvgIpc) is 2.65. The predicted molar refractivity (Wildman–Crippen MR) is 80.1 cm³/mol. The van der Waals surface area contributed by atoms with E-state index in [1.165, 1.54) is 11.1 Å². The van der Waals surface area contributed by atoms with Gasteiger partial charge in [-0.1, -0.05) is 35.9 Å². The molecule has 0 aliphatic heterocycles. The molecule has 2 aromatic rings. The number of fused-ring (bicyclic) bond motifs is 1. The number of nitrogens with zero attached hydrogens (tertiary/aromatic N) is 2. The third-order valence-electron chi connectivity index (χ3n) is 4.26. The van der Waals surface area contributed by atoms with Gasteiger partial charge in [0.15, 0.2) is 0 Å². The van der Waals surface area contributed by atoms with Crippen LogP contribution in [0.25, 0.3) is 0 Å². The summed E-state index contributed by atoms with van der Waals surface area (Å²) >= 11 is 6.30. The molecule has 1 heterocycles. The third-order valence-corrected chi connectivity index (χ3v) is 4.75. The van der Waals surface area contributed by atoms with E-state index < -0.39 is 5.60 Å². The Bertz CT molecular complexity index is 650. The second-order valence-electron chi connectivity index (χ2n) is 5.82. The molecule has 1 N–H and O–H groups in total. The summed E-state index contributed by atoms with van der Waals surface area (Å²) in [6, 6.07) is 8.35. The summed E-state index contributed by atoms with van der Waals surface area (Å²) in [4.78, 5) is 0. The predicted octanol–water partition coefficient (Wildman–Crippen LogP) is 2.84. The average molecular weight is 291 g/mol. The Morgan fingerprint density at radius 3 is 2.70 bits per heavy atom. The van der Waals surface area contributed by atoms with Gasteiger partial charge in [0, 0.05) is 19.9 Å². The lowest BCUT2D eigenvalue weighted by Crippen LogP contribution is -2.38. The molecule has 20 heavy (non-hydrogen) atoms. The Kier molecular flexibility index (Phi) is 3.35. The second-order valence-corrected chi connectivity index (χ2v) is 6.19. The fraction of sp³-hybridized carbons (Fsp3) is 0.438. The van der Waals surface area contributed by atoms with Crippen molar-refractivity contribution in [3.63, 3.8) is 0 Å². The van der Waals surface area contributed by atoms with Gasteiger partial charge in [-0.25, -0.2) is 0 Å². The van der Waals surface area contributed by atoms with Gasteiger partial charge in [-0.2, -0.15) is 5.10 Å². The van der Waals surface area contributed by atoms with E-state index in [1.54, 1.807) is 4.68 Å². The molecule has 3 rings (SSSR count). The van der Waals surface area contributed by atoms with Crippen molar-refractivity contribution in [2.75, 3.05) is 0 Å². The van der Waals surface area contributed by atoms with Gasteiger partial charge >= 0.3 is 0 Å². The molecule has 0 amide bonds. The van der Waals surface area contributed by atoms with E-state index in [2.05, 4.69) is 23.3 Å². The van der Waals surface area contributed by atoms with E-state index >= 15 is 0 Å². The van der Waals surface area contributed by atoms with Crippen LogP contribution in [0.15, 0.2) is 24.3 Å². The molecule has 0 saturated carbocycles. The lowest BCUT2D eigenvalue weighted by atomic mass is 9.78. The summed E-state index contributed by atoms with van der Waals surface area (Å²) in [6.07, 6.45) is 2.92. The smallest absolute Gasteiger partial charge is 0.0848 e. The van der Waals surface area contributed by atoms with E-state index in [1.807, 2.05) is 20.0 Å². The zero-order valence-corrected chi connectivity index (χ0v) is 12.6. The van der Waals surface area contributed by atoms with Crippen molar-refractivity contribution >= 4 is 11.6 Å². The van der Waals surface area contributed by atoms with Crippen molar-refractivity contribution in [2.24, 2.45) is 7.05 Å². The topological polar surface area (TPSA) is 38.0 Å². The van der Waals surface area contributed by atoms with Crippen molar-refractivity contribution in [1.82, 2.24) is 9.78 Å². The monoisotopic (exact) mass is 290 g/mol. The molecule has 1 aliphatic rings. The van der Waals surface area contributed by atoms with Crippen molar-refractivity contribution in [2.45, 2.75) is 38.2 Å². The second kappa shape index (κ2) is 4.90. The zero-order valence-electron chi connectivity index (χ0n) is 11.9. The molecule has 0 radical (unpaired) electrons. The lowest BCUT2D eigenvalue weighted by molar-refractivity contribution is 0.0250. The van der Waals surface area contributed by atoms with Crippen LogP contribution < -0.4 is 0 Å². The summed E-state index contributed by atoms with van der Waals surface area (Å²) in [5.74, 6) is 0. The quantitative estimate of drug-likeness (QED) is 0.923. The Hall–Kier alpha value is -1.32. The first-order valence-electron chi connectivity index (χ1n) is 6.96. The Balaban J connectivity index is 1.88. The minimum Gasteiger partial charge on any atom is -0.389 e. The highest BCUT2D eigenvalue weighted by atomic mass is 35.5. The van der Waals surface area contributed by atoms with Crippen molar-refractivity contribution < 1.29 is 5.11 Å². The molecule has 1 aromatic carbocycles. The molecule has 0 saturated heterocycles. The number of halogens is 1. The summed E-state index contributed by atoms with van der Waals surface area (Å²) < 4.78 is 1.79. The van der Waals surface area contributed by atoms with Crippen molar-refractivity contribution in [3.05, 3.63) is 51.8 Å². The molecule has 1 unspecified atom stereocenters. The van der Waals surface area contributed by atoms with Crippen LogP contribution in [0, 0.1) is 6.92 Å². The highest BCUT2D eigenvalue weighted by Gasteiger charge is 2.34. The number of hydrogen-bond acceptors (Lipinski definition) is 2. The first-order valence-corrected chi connectivity index (χ1v) is 7.33. The van der Waals surface area contributed by atoms with Gasteiger partial charge in [0.05, 0.1) is 22.0 Å². The lowest BCUT2D eigenvalue weighted by Gasteiger charge is -2.33. The molecule has 0 spiro atoms. The summed E-state index contributed by atoms with van der Waals surface area (Å²) in [5, 5.41) is 15.9. The van der Waals surface area contributed by atoms with Crippen LogP contribution >= 0.6 is 11.6 Å². The van der Waals surface area contributed by atoms with Crippen LogP contribution in [0.2, 0.25) is 5.02 Å². The fourth-order valence-electron chi connectivity index (χ4n) is 3.12. The summed E-state index contributed by atoms with van der Waals surface area (Å²) in [6.45, 7) is 1.89. The summed E-state index contributed by atoms with van der Waals surface area (Å²) in [7, 11) is 1.88. The van der Waals surface area contributed by atoms with E-state index in [0.717, 1.165) is 24.2 Å². The molecular formula is C16H19ClN2O. The standard InChI is InChI=1S/C16H19ClN2O/c1-11-15(17)14(19(2)18-11)10-16(20)8-7-12-5-3-4-6-13(12)9-16/h3-6,20H,7-10H2,1-2H3. The Morgan fingerprint density at radius 2 is 2.05 bits per heavy atom. The molecule has 0 bridgehead atoms. The first kappa shape index (κ1) is 13.7. The maximum Gasteiger partial charge on any atom is 0.0848 e. The number of aryl methyl sites for hydroxylation is 3. The third kappa shape index (κ3) is 2.36. The molecule has 1 atom stereocenters. The van der Waals surface area contributed by atoms with E-state index in [0.29, 0.717) is 17.9 Å². The van der Waals surface area contributed by atoms with Crippen LogP contribution in [-0.4, -0.2) is 20.5 Å². The largest absolute Gasteiger partial charge is 0.389 e. The zero-order chi connectivity index (χ0) is 14.3. The van der Waals surface area contributed by atoms with E-state index in [-0.39, 0.29) is 0 Å². The van der Waals surface area contributed by atoms with E-state index in [4.69, 9.17) is 11.6 Å². The molecular weight excluding hydrogens is 272 g/mol. The first-order chi connectivity index (χ1) is 9.48. The fourth-order valence-corrected chi connectivity index (χ4v) is 3.35. The highest BCUT2D eigenvalue weighted by Crippen LogP contribution is 2.33. The van der Waals surface area contributed by atoms with Gasteiger partial charge in [-0.15, -0.1) is 0 Å². The SMILES string of the molecule is Cc1nn(C)c(CC2(O)CCc3ccccc3C2)c1Cl.